The second-order valence-electron chi connectivity index (χ2n) is 3.70. The maximum atomic E-state index is 11.7. The maximum absolute atomic E-state index is 11.7. The Bertz CT molecular complexity index is 479. The summed E-state index contributed by atoms with van der Waals surface area (Å²) >= 11 is 5.00. The van der Waals surface area contributed by atoms with E-state index < -0.39 is 11.8 Å². The molecular formula is C12H13BrN2O2S. The van der Waals surface area contributed by atoms with Crippen LogP contribution in [0.15, 0.2) is 15.9 Å². The number of aryl methyl sites for hydroxylation is 1. The number of amides is 1. The van der Waals surface area contributed by atoms with Gasteiger partial charge in [0.1, 0.15) is 0 Å². The van der Waals surface area contributed by atoms with Crippen molar-refractivity contribution < 1.29 is 9.59 Å². The lowest BCUT2D eigenvalue weighted by Gasteiger charge is -2.05. The number of carbonyl (C=O) groups excluding carboxylic acids is 2. The normalized spacial score (nSPS) is 11.6. The number of nitrogens with one attached hydrogen (secondary N) is 1. The third kappa shape index (κ3) is 4.24. The summed E-state index contributed by atoms with van der Waals surface area (Å²) < 4.78 is 1.06. The lowest BCUT2D eigenvalue weighted by molar-refractivity contribution is -0.131. The fraction of sp³-hybridized carbons (Fsp3) is 0.417. The van der Waals surface area contributed by atoms with Crippen LogP contribution in [0.4, 0.5) is 0 Å². The van der Waals surface area contributed by atoms with Crippen molar-refractivity contribution in [3.8, 4) is 6.07 Å². The van der Waals surface area contributed by atoms with Gasteiger partial charge < -0.3 is 5.32 Å². The number of rotatable bonds is 6. The lowest BCUT2D eigenvalue weighted by atomic mass is 10.00. The first-order valence-corrected chi connectivity index (χ1v) is 7.07. The monoisotopic (exact) mass is 328 g/mol. The van der Waals surface area contributed by atoms with Gasteiger partial charge >= 0.3 is 0 Å². The van der Waals surface area contributed by atoms with E-state index in [-0.39, 0.29) is 12.2 Å². The van der Waals surface area contributed by atoms with Crippen molar-refractivity contribution >= 4 is 39.0 Å². The van der Waals surface area contributed by atoms with Crippen LogP contribution in [-0.2, 0) is 16.0 Å². The van der Waals surface area contributed by atoms with Crippen molar-refractivity contribution in [3.63, 3.8) is 0 Å². The first-order valence-electron chi connectivity index (χ1n) is 5.46. The third-order valence-corrected chi connectivity index (χ3v) is 4.12. The number of thiophene rings is 1. The molecule has 0 unspecified atom stereocenters. The van der Waals surface area contributed by atoms with Crippen molar-refractivity contribution in [3.05, 3.63) is 20.8 Å². The summed E-state index contributed by atoms with van der Waals surface area (Å²) in [5, 5.41) is 11.1. The Morgan fingerprint density at radius 3 is 2.78 bits per heavy atom. The van der Waals surface area contributed by atoms with E-state index in [1.54, 1.807) is 17.4 Å². The molecule has 1 aromatic rings. The van der Waals surface area contributed by atoms with Gasteiger partial charge in [-0.3, -0.25) is 9.59 Å². The average Bonchev–Trinajstić information content (AvgIpc) is 2.75. The smallest absolute Gasteiger partial charge is 0.244 e. The average molecular weight is 329 g/mol. The van der Waals surface area contributed by atoms with Crippen molar-refractivity contribution in [2.24, 2.45) is 5.92 Å². The molecule has 0 aliphatic heterocycles. The molecule has 0 spiro atoms. The molecule has 0 aliphatic rings. The van der Waals surface area contributed by atoms with Crippen LogP contribution in [0, 0.1) is 17.2 Å². The molecule has 0 bridgehead atoms. The highest BCUT2D eigenvalue weighted by atomic mass is 79.9. The summed E-state index contributed by atoms with van der Waals surface area (Å²) in [4.78, 5) is 24.1. The van der Waals surface area contributed by atoms with Crippen LogP contribution < -0.4 is 5.32 Å². The summed E-state index contributed by atoms with van der Waals surface area (Å²) in [6.45, 7) is 0. The molecular weight excluding hydrogens is 316 g/mol. The number of nitriles is 1. The van der Waals surface area contributed by atoms with Gasteiger partial charge in [-0.15, -0.1) is 11.3 Å². The third-order valence-electron chi connectivity index (χ3n) is 2.43. The predicted molar refractivity (Wildman–Crippen MR) is 73.1 cm³/mol. The Balaban J connectivity index is 2.41. The van der Waals surface area contributed by atoms with Crippen LogP contribution in [0.5, 0.6) is 0 Å². The highest BCUT2D eigenvalue weighted by Gasteiger charge is 2.24. The van der Waals surface area contributed by atoms with Gasteiger partial charge in [0, 0.05) is 18.3 Å². The molecule has 1 heterocycles. The van der Waals surface area contributed by atoms with Gasteiger partial charge in [-0.25, -0.2) is 0 Å². The van der Waals surface area contributed by atoms with Crippen LogP contribution >= 0.6 is 27.3 Å². The van der Waals surface area contributed by atoms with Crippen LogP contribution in [-0.4, -0.2) is 18.7 Å². The summed E-state index contributed by atoms with van der Waals surface area (Å²) in [6, 6.07) is 5.70. The van der Waals surface area contributed by atoms with Gasteiger partial charge in [0.25, 0.3) is 0 Å². The van der Waals surface area contributed by atoms with Crippen molar-refractivity contribution in [1.29, 1.82) is 5.26 Å². The van der Waals surface area contributed by atoms with E-state index in [9.17, 15) is 9.59 Å². The zero-order chi connectivity index (χ0) is 13.5. The molecule has 1 N–H and O–H groups in total. The first-order chi connectivity index (χ1) is 8.58. The van der Waals surface area contributed by atoms with Crippen molar-refractivity contribution in [2.45, 2.75) is 19.3 Å². The maximum Gasteiger partial charge on any atom is 0.244 e. The van der Waals surface area contributed by atoms with Gasteiger partial charge in [0.15, 0.2) is 11.7 Å². The second kappa shape index (κ2) is 7.29. The van der Waals surface area contributed by atoms with Gasteiger partial charge in [0.05, 0.1) is 9.86 Å². The first kappa shape index (κ1) is 14.9. The van der Waals surface area contributed by atoms with E-state index in [2.05, 4.69) is 21.2 Å². The number of nitrogens with zero attached hydrogens (tertiary/aromatic N) is 1. The minimum absolute atomic E-state index is 0.251. The quantitative estimate of drug-likeness (QED) is 0.814. The van der Waals surface area contributed by atoms with E-state index in [4.69, 9.17) is 5.26 Å². The molecule has 1 rings (SSSR count). The molecule has 0 saturated heterocycles. The molecule has 1 amide bonds. The van der Waals surface area contributed by atoms with Crippen LogP contribution in [0.3, 0.4) is 0 Å². The van der Waals surface area contributed by atoms with E-state index in [0.717, 1.165) is 10.2 Å². The predicted octanol–water partition coefficient (Wildman–Crippen LogP) is 2.29. The van der Waals surface area contributed by atoms with E-state index in [0.29, 0.717) is 6.42 Å². The summed E-state index contributed by atoms with van der Waals surface area (Å²) in [5.41, 5.74) is 0. The largest absolute Gasteiger partial charge is 0.358 e. The molecule has 4 nitrogen and oxygen atoms in total. The number of Topliss-reactive ketones (excluding diaryl/α,β-unsaturated/α-hetero) is 1. The number of ketones is 1. The fourth-order valence-electron chi connectivity index (χ4n) is 1.49. The molecule has 18 heavy (non-hydrogen) atoms. The Morgan fingerprint density at radius 2 is 2.28 bits per heavy atom. The molecule has 96 valence electrons. The van der Waals surface area contributed by atoms with Crippen molar-refractivity contribution in [2.75, 3.05) is 7.05 Å². The summed E-state index contributed by atoms with van der Waals surface area (Å²) in [7, 11) is 1.42. The standard InChI is InChI=1S/C12H13BrN2O2S/c1-15-12(17)9(7-14)10(16)4-2-3-8-5-6-11(13)18-8/h5-6,9H,2-4H2,1H3,(H,15,17)/t9-/m0/s1. The zero-order valence-electron chi connectivity index (χ0n) is 9.90. The SMILES string of the molecule is CNC(=O)[C@@H](C#N)C(=O)CCCc1ccc(Br)s1. The molecule has 1 atom stereocenters. The molecule has 0 saturated carbocycles. The molecule has 0 radical (unpaired) electrons. The summed E-state index contributed by atoms with van der Waals surface area (Å²) in [5.74, 6) is -2.01. The number of hydrogen-bond acceptors (Lipinski definition) is 4. The topological polar surface area (TPSA) is 70.0 Å². The van der Waals surface area contributed by atoms with Gasteiger partial charge in [-0.1, -0.05) is 0 Å². The van der Waals surface area contributed by atoms with E-state index in [1.165, 1.54) is 11.9 Å². The number of carbonyl (C=O) groups is 2. The van der Waals surface area contributed by atoms with Crippen LogP contribution in [0.1, 0.15) is 17.7 Å². The minimum Gasteiger partial charge on any atom is -0.358 e. The molecule has 0 fully saturated rings. The highest BCUT2D eigenvalue weighted by Crippen LogP contribution is 2.23. The van der Waals surface area contributed by atoms with Gasteiger partial charge in [-0.05, 0) is 40.9 Å². The Morgan fingerprint density at radius 1 is 1.56 bits per heavy atom. The fourth-order valence-corrected chi connectivity index (χ4v) is 3.01. The number of halogens is 1. The minimum atomic E-state index is -1.18. The molecule has 6 heteroatoms. The Hall–Kier alpha value is -1.19. The number of hydrogen-bond donors (Lipinski definition) is 1. The second-order valence-corrected chi connectivity index (χ2v) is 6.25. The van der Waals surface area contributed by atoms with Crippen LogP contribution in [0.2, 0.25) is 0 Å². The molecule has 1 aromatic heterocycles. The van der Waals surface area contributed by atoms with Gasteiger partial charge in [0.2, 0.25) is 5.91 Å². The van der Waals surface area contributed by atoms with E-state index in [1.807, 2.05) is 12.1 Å². The highest BCUT2D eigenvalue weighted by molar-refractivity contribution is 9.11. The molecule has 0 aliphatic carbocycles. The Labute approximate surface area is 118 Å². The van der Waals surface area contributed by atoms with Crippen LogP contribution in [0.25, 0.3) is 0 Å². The summed E-state index contributed by atoms with van der Waals surface area (Å²) in [6.07, 6.45) is 1.69. The Kier molecular flexibility index (Phi) is 6.02. The molecule has 0 aromatic carbocycles. The van der Waals surface area contributed by atoms with E-state index >= 15 is 0 Å². The zero-order valence-corrected chi connectivity index (χ0v) is 12.3. The lowest BCUT2D eigenvalue weighted by Crippen LogP contribution is -2.32. The van der Waals surface area contributed by atoms with Gasteiger partial charge in [-0.2, -0.15) is 5.26 Å². The van der Waals surface area contributed by atoms with Crippen molar-refractivity contribution in [1.82, 2.24) is 5.32 Å².